The smallest absolute Gasteiger partial charge is 0.256 e. The SMILES string of the molecule is CC[Si](CC)(CC)CCC[Si](Oc1c(F)c(F)c2c(F)c(F)c(F)c(F)c2c1F)(C(C)C)C(C)C. The van der Waals surface area contributed by atoms with Gasteiger partial charge in [0, 0.05) is 0 Å². The van der Waals surface area contributed by atoms with Crippen LogP contribution in [0.15, 0.2) is 0 Å². The van der Waals surface area contributed by atoms with E-state index in [2.05, 4.69) is 20.8 Å². The maximum atomic E-state index is 15.4. The van der Waals surface area contributed by atoms with Crippen molar-refractivity contribution in [2.24, 2.45) is 0 Å². The molecular weight excluding hydrogens is 505 g/mol. The van der Waals surface area contributed by atoms with Crippen LogP contribution >= 0.6 is 0 Å². The molecule has 2 aromatic rings. The fourth-order valence-electron chi connectivity index (χ4n) is 5.29. The Kier molecular flexibility index (Phi) is 9.52. The van der Waals surface area contributed by atoms with Crippen molar-refractivity contribution in [2.45, 2.75) is 96.2 Å². The molecule has 0 aliphatic heterocycles. The zero-order valence-corrected chi connectivity index (χ0v) is 23.5. The van der Waals surface area contributed by atoms with E-state index in [0.717, 1.165) is 30.6 Å². The van der Waals surface area contributed by atoms with E-state index in [4.69, 9.17) is 4.43 Å². The third-order valence-electron chi connectivity index (χ3n) is 8.07. The van der Waals surface area contributed by atoms with Crippen LogP contribution in [0.3, 0.4) is 0 Å². The predicted molar refractivity (Wildman–Crippen MR) is 132 cm³/mol. The van der Waals surface area contributed by atoms with Gasteiger partial charge in [0.05, 0.1) is 18.8 Å². The quantitative estimate of drug-likeness (QED) is 0.119. The highest BCUT2D eigenvalue weighted by Crippen LogP contribution is 2.44. The number of halogens is 7. The normalized spacial score (nSPS) is 12.9. The molecule has 0 radical (unpaired) electrons. The Labute approximate surface area is 205 Å². The van der Waals surface area contributed by atoms with Crippen molar-refractivity contribution in [1.29, 1.82) is 0 Å². The zero-order chi connectivity index (χ0) is 26.9. The van der Waals surface area contributed by atoms with Crippen molar-refractivity contribution < 1.29 is 35.2 Å². The van der Waals surface area contributed by atoms with E-state index in [-0.39, 0.29) is 11.1 Å². The van der Waals surface area contributed by atoms with E-state index in [0.29, 0.717) is 6.04 Å². The number of benzene rings is 2. The van der Waals surface area contributed by atoms with Crippen molar-refractivity contribution in [3.8, 4) is 5.75 Å². The molecule has 0 unspecified atom stereocenters. The zero-order valence-electron chi connectivity index (χ0n) is 21.5. The Bertz CT molecular complexity index is 1050. The fourth-order valence-corrected chi connectivity index (χ4v) is 13.5. The van der Waals surface area contributed by atoms with Gasteiger partial charge < -0.3 is 4.43 Å². The Morgan fingerprint density at radius 1 is 0.571 bits per heavy atom. The van der Waals surface area contributed by atoms with Crippen molar-refractivity contribution in [2.75, 3.05) is 0 Å². The van der Waals surface area contributed by atoms with Gasteiger partial charge >= 0.3 is 0 Å². The summed E-state index contributed by atoms with van der Waals surface area (Å²) in [7, 11) is -4.55. The summed E-state index contributed by atoms with van der Waals surface area (Å²) in [5.41, 5.74) is -0.319. The fraction of sp³-hybridized carbons (Fsp3) is 0.600. The van der Waals surface area contributed by atoms with E-state index >= 15 is 8.78 Å². The van der Waals surface area contributed by atoms with E-state index < -0.39 is 73.6 Å². The number of fused-ring (bicyclic) bond motifs is 1. The van der Waals surface area contributed by atoms with Crippen LogP contribution in [0, 0.1) is 40.7 Å². The largest absolute Gasteiger partial charge is 0.539 e. The first-order chi connectivity index (χ1) is 16.2. The standard InChI is InChI=1S/C25H35F7OSi2/c1-8-34(9-2,10-3)12-11-13-35(14(4)5,15(6)7)33-25-21(29)17-16(20(28)24(25)32)18(26)22(30)23(31)19(17)27/h14-15H,8-13H2,1-7H3. The Morgan fingerprint density at radius 3 is 1.37 bits per heavy atom. The molecule has 0 heterocycles. The first kappa shape index (κ1) is 29.7. The van der Waals surface area contributed by atoms with Crippen LogP contribution in [-0.4, -0.2) is 16.4 Å². The first-order valence-electron chi connectivity index (χ1n) is 12.3. The molecule has 2 rings (SSSR count). The van der Waals surface area contributed by atoms with Gasteiger partial charge in [-0.25, -0.2) is 26.3 Å². The van der Waals surface area contributed by atoms with Gasteiger partial charge in [0.15, 0.2) is 40.7 Å². The van der Waals surface area contributed by atoms with Crippen LogP contribution in [0.4, 0.5) is 30.7 Å². The van der Waals surface area contributed by atoms with E-state index in [9.17, 15) is 22.0 Å². The minimum Gasteiger partial charge on any atom is -0.539 e. The number of rotatable bonds is 11. The van der Waals surface area contributed by atoms with Gasteiger partial charge in [0.2, 0.25) is 5.82 Å². The van der Waals surface area contributed by atoms with Gasteiger partial charge in [-0.3, -0.25) is 0 Å². The molecule has 0 amide bonds. The lowest BCUT2D eigenvalue weighted by molar-refractivity contribution is 0.392. The topological polar surface area (TPSA) is 9.23 Å². The van der Waals surface area contributed by atoms with Crippen molar-refractivity contribution >= 4 is 27.2 Å². The lowest BCUT2D eigenvalue weighted by Gasteiger charge is -2.40. The molecule has 0 N–H and O–H groups in total. The maximum Gasteiger partial charge on any atom is 0.256 e. The van der Waals surface area contributed by atoms with E-state index in [1.54, 1.807) is 0 Å². The highest BCUT2D eigenvalue weighted by atomic mass is 28.4. The predicted octanol–water partition coefficient (Wildman–Crippen LogP) is 9.86. The third-order valence-corrected chi connectivity index (χ3v) is 19.6. The average molecular weight is 541 g/mol. The molecular formula is C25H35F7OSi2. The lowest BCUT2D eigenvalue weighted by atomic mass is 10.1. The summed E-state index contributed by atoms with van der Waals surface area (Å²) in [6.07, 6.45) is 0.770. The van der Waals surface area contributed by atoms with Gasteiger partial charge in [-0.2, -0.15) is 4.39 Å². The molecule has 0 aliphatic rings. The summed E-state index contributed by atoms with van der Waals surface area (Å²) >= 11 is 0. The van der Waals surface area contributed by atoms with E-state index in [1.165, 1.54) is 0 Å². The molecule has 0 aliphatic carbocycles. The van der Waals surface area contributed by atoms with Gasteiger partial charge in [-0.1, -0.05) is 79.1 Å². The molecule has 0 saturated heterocycles. The lowest BCUT2D eigenvalue weighted by Crippen LogP contribution is -2.48. The van der Waals surface area contributed by atoms with Crippen LogP contribution in [0.25, 0.3) is 10.8 Å². The van der Waals surface area contributed by atoms with Crippen LogP contribution in [0.1, 0.15) is 54.9 Å². The first-order valence-corrected chi connectivity index (χ1v) is 17.4. The second-order valence-electron chi connectivity index (χ2n) is 10.1. The Balaban J connectivity index is 2.66. The van der Waals surface area contributed by atoms with Gasteiger partial charge in [-0.05, 0) is 17.1 Å². The second kappa shape index (κ2) is 11.2. The summed E-state index contributed by atoms with van der Waals surface area (Å²) < 4.78 is 107. The summed E-state index contributed by atoms with van der Waals surface area (Å²) in [5.74, 6) is -15.8. The summed E-state index contributed by atoms with van der Waals surface area (Å²) in [6.45, 7) is 14.0. The summed E-state index contributed by atoms with van der Waals surface area (Å²) in [5, 5.41) is -3.12. The Hall–Kier alpha value is -1.56. The molecule has 198 valence electrons. The molecule has 1 nitrogen and oxygen atoms in total. The summed E-state index contributed by atoms with van der Waals surface area (Å²) in [6, 6.07) is 4.89. The van der Waals surface area contributed by atoms with E-state index in [1.807, 2.05) is 27.7 Å². The highest BCUT2D eigenvalue weighted by Gasteiger charge is 2.46. The second-order valence-corrected chi connectivity index (χ2v) is 20.6. The van der Waals surface area contributed by atoms with Gasteiger partial charge in [-0.15, -0.1) is 0 Å². The molecule has 2 aromatic carbocycles. The minimum atomic E-state index is -3.07. The maximum absolute atomic E-state index is 15.4. The minimum absolute atomic E-state index is 0.160. The molecule has 35 heavy (non-hydrogen) atoms. The summed E-state index contributed by atoms with van der Waals surface area (Å²) in [4.78, 5) is 0. The van der Waals surface area contributed by atoms with Crippen LogP contribution in [0.2, 0.25) is 41.3 Å². The third kappa shape index (κ3) is 5.15. The molecule has 0 atom stereocenters. The van der Waals surface area contributed by atoms with Crippen LogP contribution < -0.4 is 4.43 Å². The van der Waals surface area contributed by atoms with Crippen LogP contribution in [-0.2, 0) is 0 Å². The average Bonchev–Trinajstić information content (AvgIpc) is 2.82. The van der Waals surface area contributed by atoms with Crippen molar-refractivity contribution in [3.63, 3.8) is 0 Å². The molecule has 10 heteroatoms. The van der Waals surface area contributed by atoms with Gasteiger partial charge in [0.25, 0.3) is 8.32 Å². The monoisotopic (exact) mass is 540 g/mol. The molecule has 0 saturated carbocycles. The van der Waals surface area contributed by atoms with Crippen molar-refractivity contribution in [3.05, 3.63) is 40.7 Å². The van der Waals surface area contributed by atoms with Crippen LogP contribution in [0.5, 0.6) is 5.75 Å². The Morgan fingerprint density at radius 2 is 0.971 bits per heavy atom. The molecule has 0 bridgehead atoms. The molecule has 0 fully saturated rings. The molecule has 0 aromatic heterocycles. The number of hydrogen-bond donors (Lipinski definition) is 0. The van der Waals surface area contributed by atoms with Gasteiger partial charge in [0.1, 0.15) is 0 Å². The highest BCUT2D eigenvalue weighted by molar-refractivity contribution is 6.80. The number of hydrogen-bond acceptors (Lipinski definition) is 1. The molecule has 0 spiro atoms. The van der Waals surface area contributed by atoms with Crippen molar-refractivity contribution in [1.82, 2.24) is 0 Å².